The number of carbonyl (C=O) groups is 2. The van der Waals surface area contributed by atoms with Crippen LogP contribution in [0.5, 0.6) is 0 Å². The van der Waals surface area contributed by atoms with Crippen LogP contribution < -0.4 is 10.6 Å². The first-order valence-electron chi connectivity index (χ1n) is 8.98. The summed E-state index contributed by atoms with van der Waals surface area (Å²) in [5.41, 5.74) is 2.89. The minimum Gasteiger partial charge on any atom is -0.396 e. The van der Waals surface area contributed by atoms with Crippen LogP contribution in [0.15, 0.2) is 54.6 Å². The zero-order chi connectivity index (χ0) is 18.8. The molecule has 138 valence electrons. The number of rotatable bonds is 8. The average molecular weight is 354 g/mol. The van der Waals surface area contributed by atoms with E-state index in [9.17, 15) is 14.7 Å². The van der Waals surface area contributed by atoms with Crippen molar-refractivity contribution >= 4 is 17.5 Å². The monoisotopic (exact) mass is 354 g/mol. The molecule has 3 N–H and O–H groups in total. The highest BCUT2D eigenvalue weighted by Gasteiger charge is 2.15. The Labute approximate surface area is 154 Å². The molecule has 1 unspecified atom stereocenters. The molecule has 2 amide bonds. The number of aliphatic hydroxyl groups excluding tert-OH is 1. The van der Waals surface area contributed by atoms with Crippen LogP contribution in [0.1, 0.15) is 36.8 Å². The maximum atomic E-state index is 12.0. The molecule has 0 saturated heterocycles. The van der Waals surface area contributed by atoms with Crippen molar-refractivity contribution in [2.45, 2.75) is 32.1 Å². The molecule has 0 aliphatic carbocycles. The normalized spacial score (nSPS) is 11.6. The third-order valence-corrected chi connectivity index (χ3v) is 4.35. The number of hydrogen-bond acceptors (Lipinski definition) is 3. The Kier molecular flexibility index (Phi) is 7.83. The first kappa shape index (κ1) is 19.7. The SMILES string of the molecule is CCc1ccc(NC(=O)C(=O)NCCC(CCO)c2ccccc2)cc1. The van der Waals surface area contributed by atoms with E-state index in [0.29, 0.717) is 25.1 Å². The van der Waals surface area contributed by atoms with Crippen LogP contribution in [0.3, 0.4) is 0 Å². The Morgan fingerprint density at radius 2 is 1.65 bits per heavy atom. The summed E-state index contributed by atoms with van der Waals surface area (Å²) in [5, 5.41) is 14.5. The molecule has 2 aromatic carbocycles. The number of hydrogen-bond donors (Lipinski definition) is 3. The van der Waals surface area contributed by atoms with Crippen LogP contribution >= 0.6 is 0 Å². The minimum atomic E-state index is -0.673. The van der Waals surface area contributed by atoms with E-state index in [1.165, 1.54) is 5.56 Å². The first-order valence-corrected chi connectivity index (χ1v) is 8.98. The van der Waals surface area contributed by atoms with Crippen molar-refractivity contribution in [3.8, 4) is 0 Å². The topological polar surface area (TPSA) is 78.4 Å². The second-order valence-electron chi connectivity index (χ2n) is 6.17. The molecule has 0 spiro atoms. The zero-order valence-corrected chi connectivity index (χ0v) is 15.1. The van der Waals surface area contributed by atoms with Crippen molar-refractivity contribution < 1.29 is 14.7 Å². The number of aryl methyl sites for hydroxylation is 1. The van der Waals surface area contributed by atoms with Crippen molar-refractivity contribution in [3.63, 3.8) is 0 Å². The molecule has 1 atom stereocenters. The van der Waals surface area contributed by atoms with E-state index in [2.05, 4.69) is 17.6 Å². The van der Waals surface area contributed by atoms with Crippen LogP contribution in [0.25, 0.3) is 0 Å². The molecular formula is C21H26N2O3. The Hall–Kier alpha value is -2.66. The highest BCUT2D eigenvalue weighted by Crippen LogP contribution is 2.22. The number of anilines is 1. The van der Waals surface area contributed by atoms with E-state index in [0.717, 1.165) is 12.0 Å². The van der Waals surface area contributed by atoms with E-state index < -0.39 is 11.8 Å². The van der Waals surface area contributed by atoms with Gasteiger partial charge in [0, 0.05) is 18.8 Å². The number of benzene rings is 2. The smallest absolute Gasteiger partial charge is 0.313 e. The molecule has 0 aliphatic heterocycles. The van der Waals surface area contributed by atoms with Gasteiger partial charge in [0.25, 0.3) is 0 Å². The summed E-state index contributed by atoms with van der Waals surface area (Å²) in [7, 11) is 0. The lowest BCUT2D eigenvalue weighted by Crippen LogP contribution is -2.36. The Morgan fingerprint density at radius 3 is 2.27 bits per heavy atom. The van der Waals surface area contributed by atoms with E-state index in [4.69, 9.17) is 0 Å². The van der Waals surface area contributed by atoms with Gasteiger partial charge in [0.05, 0.1) is 0 Å². The Morgan fingerprint density at radius 1 is 0.962 bits per heavy atom. The average Bonchev–Trinajstić information content (AvgIpc) is 2.68. The van der Waals surface area contributed by atoms with E-state index in [1.807, 2.05) is 42.5 Å². The quantitative estimate of drug-likeness (QED) is 0.638. The van der Waals surface area contributed by atoms with Gasteiger partial charge in [-0.15, -0.1) is 0 Å². The van der Waals surface area contributed by atoms with Gasteiger partial charge < -0.3 is 15.7 Å². The molecule has 0 radical (unpaired) electrons. The number of nitrogens with one attached hydrogen (secondary N) is 2. The second kappa shape index (κ2) is 10.4. The van der Waals surface area contributed by atoms with Crippen LogP contribution in [0.2, 0.25) is 0 Å². The summed E-state index contributed by atoms with van der Waals surface area (Å²) in [6, 6.07) is 17.3. The van der Waals surface area contributed by atoms with E-state index >= 15 is 0 Å². The van der Waals surface area contributed by atoms with E-state index in [-0.39, 0.29) is 12.5 Å². The van der Waals surface area contributed by atoms with Crippen LogP contribution in [0.4, 0.5) is 5.69 Å². The molecule has 2 aromatic rings. The number of amides is 2. The van der Waals surface area contributed by atoms with Gasteiger partial charge >= 0.3 is 11.8 Å². The molecule has 0 fully saturated rings. The maximum absolute atomic E-state index is 12.0. The lowest BCUT2D eigenvalue weighted by atomic mass is 9.93. The molecule has 0 aliphatic rings. The second-order valence-corrected chi connectivity index (χ2v) is 6.17. The van der Waals surface area contributed by atoms with Crippen LogP contribution in [0, 0.1) is 0 Å². The molecule has 26 heavy (non-hydrogen) atoms. The lowest BCUT2D eigenvalue weighted by Gasteiger charge is -2.16. The van der Waals surface area contributed by atoms with Gasteiger partial charge in [-0.2, -0.15) is 0 Å². The van der Waals surface area contributed by atoms with Crippen LogP contribution in [-0.4, -0.2) is 30.1 Å². The third kappa shape index (κ3) is 6.01. The molecular weight excluding hydrogens is 328 g/mol. The van der Waals surface area contributed by atoms with Gasteiger partial charge in [-0.25, -0.2) is 0 Å². The molecule has 0 saturated carbocycles. The summed E-state index contributed by atoms with van der Waals surface area (Å²) < 4.78 is 0. The van der Waals surface area contributed by atoms with Gasteiger partial charge in [0.1, 0.15) is 0 Å². The van der Waals surface area contributed by atoms with Gasteiger partial charge in [-0.05, 0) is 48.4 Å². The van der Waals surface area contributed by atoms with Gasteiger partial charge in [-0.1, -0.05) is 49.4 Å². The Balaban J connectivity index is 1.81. The fraction of sp³-hybridized carbons (Fsp3) is 0.333. The highest BCUT2D eigenvalue weighted by molar-refractivity contribution is 6.39. The van der Waals surface area contributed by atoms with Gasteiger partial charge in [-0.3, -0.25) is 9.59 Å². The van der Waals surface area contributed by atoms with Crippen molar-refractivity contribution in [1.82, 2.24) is 5.32 Å². The van der Waals surface area contributed by atoms with Crippen LogP contribution in [-0.2, 0) is 16.0 Å². The zero-order valence-electron chi connectivity index (χ0n) is 15.1. The molecule has 5 nitrogen and oxygen atoms in total. The fourth-order valence-corrected chi connectivity index (χ4v) is 2.81. The van der Waals surface area contributed by atoms with Gasteiger partial charge in [0.2, 0.25) is 0 Å². The molecule has 2 rings (SSSR count). The predicted octanol–water partition coefficient (Wildman–Crippen LogP) is 2.86. The lowest BCUT2D eigenvalue weighted by molar-refractivity contribution is -0.136. The molecule has 0 aromatic heterocycles. The third-order valence-electron chi connectivity index (χ3n) is 4.35. The summed E-state index contributed by atoms with van der Waals surface area (Å²) in [5.74, 6) is -1.18. The summed E-state index contributed by atoms with van der Waals surface area (Å²) in [4.78, 5) is 23.9. The molecule has 0 bridgehead atoms. The number of carbonyl (C=O) groups excluding carboxylic acids is 2. The Bertz CT molecular complexity index is 699. The molecule has 0 heterocycles. The largest absolute Gasteiger partial charge is 0.396 e. The minimum absolute atomic E-state index is 0.0851. The summed E-state index contributed by atoms with van der Waals surface area (Å²) >= 11 is 0. The van der Waals surface area contributed by atoms with Crippen molar-refractivity contribution in [3.05, 3.63) is 65.7 Å². The predicted molar refractivity (Wildman–Crippen MR) is 103 cm³/mol. The van der Waals surface area contributed by atoms with Crippen molar-refractivity contribution in [2.75, 3.05) is 18.5 Å². The van der Waals surface area contributed by atoms with E-state index in [1.54, 1.807) is 12.1 Å². The standard InChI is InChI=1S/C21H26N2O3/c1-2-16-8-10-19(11-9-16)23-21(26)20(25)22-14-12-18(13-15-24)17-6-4-3-5-7-17/h3-11,18,24H,2,12-15H2,1H3,(H,22,25)(H,23,26). The number of aliphatic hydroxyl groups is 1. The first-order chi connectivity index (χ1) is 12.6. The fourth-order valence-electron chi connectivity index (χ4n) is 2.81. The summed E-state index contributed by atoms with van der Waals surface area (Å²) in [6.45, 7) is 2.52. The van der Waals surface area contributed by atoms with Crippen molar-refractivity contribution in [1.29, 1.82) is 0 Å². The maximum Gasteiger partial charge on any atom is 0.313 e. The summed E-state index contributed by atoms with van der Waals surface area (Å²) in [6.07, 6.45) is 2.20. The highest BCUT2D eigenvalue weighted by atomic mass is 16.3. The molecule has 5 heteroatoms. The van der Waals surface area contributed by atoms with Crippen molar-refractivity contribution in [2.24, 2.45) is 0 Å². The van der Waals surface area contributed by atoms with Gasteiger partial charge in [0.15, 0.2) is 0 Å².